The molecule has 0 aliphatic carbocycles. The molecule has 1 N–H and O–H groups in total. The Hall–Kier alpha value is -3.14. The maximum absolute atomic E-state index is 12.9. The molecular formula is C25H27ClN6O2S. The number of carbonyl (C=O) groups excluding carboxylic acids is 1. The molecule has 10 heteroatoms. The van der Waals surface area contributed by atoms with Crippen LogP contribution < -0.4 is 5.32 Å². The number of thioether (sulfide) groups is 1. The molecular weight excluding hydrogens is 484 g/mol. The van der Waals surface area contributed by atoms with Crippen molar-refractivity contribution in [2.24, 2.45) is 0 Å². The van der Waals surface area contributed by atoms with Gasteiger partial charge in [-0.2, -0.15) is 5.10 Å². The van der Waals surface area contributed by atoms with Gasteiger partial charge >= 0.3 is 0 Å². The molecule has 2 aromatic heterocycles. The van der Waals surface area contributed by atoms with Gasteiger partial charge in [-0.25, -0.2) is 4.68 Å². The monoisotopic (exact) mass is 510 g/mol. The summed E-state index contributed by atoms with van der Waals surface area (Å²) >= 11 is 7.39. The van der Waals surface area contributed by atoms with E-state index < -0.39 is 0 Å². The number of amides is 1. The number of aromatic nitrogens is 5. The second kappa shape index (κ2) is 11.5. The van der Waals surface area contributed by atoms with E-state index >= 15 is 0 Å². The van der Waals surface area contributed by atoms with Crippen LogP contribution in [-0.4, -0.2) is 49.9 Å². The number of anilines is 1. The lowest BCUT2D eigenvalue weighted by atomic mass is 10.2. The summed E-state index contributed by atoms with van der Waals surface area (Å²) in [5.41, 5.74) is 4.22. The summed E-state index contributed by atoms with van der Waals surface area (Å²) in [5, 5.41) is 17.7. The number of nitrogens with one attached hydrogen (secondary N) is 1. The van der Waals surface area contributed by atoms with Crippen LogP contribution >= 0.6 is 23.4 Å². The third-order valence-corrected chi connectivity index (χ3v) is 6.66. The van der Waals surface area contributed by atoms with Crippen molar-refractivity contribution in [3.8, 4) is 17.1 Å². The average Bonchev–Trinajstić information content (AvgIpc) is 3.39. The Morgan fingerprint density at radius 2 is 1.83 bits per heavy atom. The van der Waals surface area contributed by atoms with Gasteiger partial charge in [-0.15, -0.1) is 10.2 Å². The van der Waals surface area contributed by atoms with Crippen molar-refractivity contribution in [2.45, 2.75) is 32.0 Å². The summed E-state index contributed by atoms with van der Waals surface area (Å²) in [7, 11) is 1.68. The number of aryl methyl sites for hydroxylation is 1. The maximum atomic E-state index is 12.9. The number of hydrogen-bond acceptors (Lipinski definition) is 6. The van der Waals surface area contributed by atoms with Gasteiger partial charge < -0.3 is 14.6 Å². The standard InChI is InChI=1S/C25H27ClN6O2S/c1-17-23(18(2)32(30-17)21-8-5-4-6-9-21)27-22(33)16-35-25-29-28-24(31(25)14-7-15-34-3)19-10-12-20(26)13-11-19/h4-6,8-13H,7,14-16H2,1-3H3,(H,27,33). The lowest BCUT2D eigenvalue weighted by Crippen LogP contribution is -2.16. The zero-order valence-electron chi connectivity index (χ0n) is 19.9. The van der Waals surface area contributed by atoms with E-state index in [9.17, 15) is 4.79 Å². The molecule has 0 saturated carbocycles. The van der Waals surface area contributed by atoms with E-state index in [1.54, 1.807) is 7.11 Å². The molecule has 0 saturated heterocycles. The Balaban J connectivity index is 1.48. The van der Waals surface area contributed by atoms with Crippen LogP contribution in [0, 0.1) is 13.8 Å². The van der Waals surface area contributed by atoms with Crippen molar-refractivity contribution in [1.82, 2.24) is 24.5 Å². The predicted molar refractivity (Wildman–Crippen MR) is 139 cm³/mol. The second-order valence-corrected chi connectivity index (χ2v) is 9.32. The van der Waals surface area contributed by atoms with Crippen molar-refractivity contribution in [2.75, 3.05) is 24.8 Å². The Morgan fingerprint density at radius 1 is 1.09 bits per heavy atom. The number of ether oxygens (including phenoxy) is 1. The van der Waals surface area contributed by atoms with Gasteiger partial charge in [0.1, 0.15) is 0 Å². The Labute approximate surface area is 213 Å². The largest absolute Gasteiger partial charge is 0.385 e. The summed E-state index contributed by atoms with van der Waals surface area (Å²) in [6.07, 6.45) is 0.798. The minimum absolute atomic E-state index is 0.131. The third kappa shape index (κ3) is 5.93. The molecule has 8 nitrogen and oxygen atoms in total. The molecule has 0 fully saturated rings. The van der Waals surface area contributed by atoms with Gasteiger partial charge in [-0.1, -0.05) is 41.6 Å². The average molecular weight is 511 g/mol. The van der Waals surface area contributed by atoms with Crippen molar-refractivity contribution in [1.29, 1.82) is 0 Å². The Bertz CT molecular complexity index is 1290. The Kier molecular flexibility index (Phi) is 8.22. The highest BCUT2D eigenvalue weighted by atomic mass is 35.5. The van der Waals surface area contributed by atoms with E-state index in [4.69, 9.17) is 16.3 Å². The topological polar surface area (TPSA) is 86.9 Å². The zero-order chi connectivity index (χ0) is 24.8. The van der Waals surface area contributed by atoms with Crippen LogP contribution in [0.3, 0.4) is 0 Å². The van der Waals surface area contributed by atoms with Crippen LogP contribution in [-0.2, 0) is 16.1 Å². The van der Waals surface area contributed by atoms with Crippen LogP contribution in [0.5, 0.6) is 0 Å². The fraction of sp³-hybridized carbons (Fsp3) is 0.280. The van der Waals surface area contributed by atoms with Gasteiger partial charge in [0.05, 0.1) is 28.5 Å². The van der Waals surface area contributed by atoms with E-state index in [1.807, 2.05) is 77.7 Å². The first-order valence-electron chi connectivity index (χ1n) is 11.2. The fourth-order valence-electron chi connectivity index (χ4n) is 3.73. The van der Waals surface area contributed by atoms with E-state index in [2.05, 4.69) is 20.6 Å². The number of benzene rings is 2. The first-order chi connectivity index (χ1) is 17.0. The van der Waals surface area contributed by atoms with Crippen molar-refractivity contribution in [3.05, 3.63) is 71.0 Å². The molecule has 0 aliphatic heterocycles. The summed E-state index contributed by atoms with van der Waals surface area (Å²) in [6, 6.07) is 17.3. The predicted octanol–water partition coefficient (Wildman–Crippen LogP) is 5.17. The van der Waals surface area contributed by atoms with Gasteiger partial charge in [0, 0.05) is 30.8 Å². The molecule has 4 aromatic rings. The summed E-state index contributed by atoms with van der Waals surface area (Å²) in [5.74, 6) is 0.795. The van der Waals surface area contributed by atoms with Crippen LogP contribution in [0.1, 0.15) is 17.8 Å². The van der Waals surface area contributed by atoms with E-state index in [1.165, 1.54) is 11.8 Å². The number of hydrogen-bond donors (Lipinski definition) is 1. The zero-order valence-corrected chi connectivity index (χ0v) is 21.4. The first kappa shape index (κ1) is 25.0. The smallest absolute Gasteiger partial charge is 0.234 e. The van der Waals surface area contributed by atoms with Gasteiger partial charge in [-0.05, 0) is 56.7 Å². The molecule has 4 rings (SSSR count). The normalized spacial score (nSPS) is 11.1. The number of halogens is 1. The number of methoxy groups -OCH3 is 1. The summed E-state index contributed by atoms with van der Waals surface area (Å²) in [6.45, 7) is 5.12. The molecule has 0 bridgehead atoms. The van der Waals surface area contributed by atoms with Crippen molar-refractivity contribution in [3.63, 3.8) is 0 Å². The van der Waals surface area contributed by atoms with Gasteiger partial charge in [0.15, 0.2) is 11.0 Å². The Morgan fingerprint density at radius 3 is 2.54 bits per heavy atom. The molecule has 1 amide bonds. The third-order valence-electron chi connectivity index (χ3n) is 5.44. The van der Waals surface area contributed by atoms with Crippen LogP contribution in [0.4, 0.5) is 5.69 Å². The molecule has 0 spiro atoms. The molecule has 0 radical (unpaired) electrons. The summed E-state index contributed by atoms with van der Waals surface area (Å²) < 4.78 is 9.07. The number of carbonyl (C=O) groups is 1. The molecule has 0 aliphatic rings. The molecule has 182 valence electrons. The van der Waals surface area contributed by atoms with Crippen molar-refractivity contribution < 1.29 is 9.53 Å². The number of nitrogens with zero attached hydrogens (tertiary/aromatic N) is 5. The van der Waals surface area contributed by atoms with Gasteiger partial charge in [0.2, 0.25) is 5.91 Å². The summed E-state index contributed by atoms with van der Waals surface area (Å²) in [4.78, 5) is 12.9. The minimum atomic E-state index is -0.131. The van der Waals surface area contributed by atoms with Crippen LogP contribution in [0.2, 0.25) is 5.02 Å². The quantitative estimate of drug-likeness (QED) is 0.234. The van der Waals surface area contributed by atoms with Crippen LogP contribution in [0.25, 0.3) is 17.1 Å². The fourth-order valence-corrected chi connectivity index (χ4v) is 4.62. The molecule has 0 atom stereocenters. The SMILES string of the molecule is COCCCn1c(SCC(=O)Nc2c(C)nn(-c3ccccc3)c2C)nnc1-c1ccc(Cl)cc1. The van der Waals surface area contributed by atoms with E-state index in [0.29, 0.717) is 23.3 Å². The molecule has 2 aromatic carbocycles. The molecule has 2 heterocycles. The lowest BCUT2D eigenvalue weighted by Gasteiger charge is -2.10. The van der Waals surface area contributed by atoms with Gasteiger partial charge in [0.25, 0.3) is 0 Å². The maximum Gasteiger partial charge on any atom is 0.234 e. The number of rotatable bonds is 10. The highest BCUT2D eigenvalue weighted by Crippen LogP contribution is 2.27. The van der Waals surface area contributed by atoms with Gasteiger partial charge in [-0.3, -0.25) is 4.79 Å². The van der Waals surface area contributed by atoms with E-state index in [0.717, 1.165) is 40.6 Å². The second-order valence-electron chi connectivity index (χ2n) is 7.94. The highest BCUT2D eigenvalue weighted by Gasteiger charge is 2.18. The highest BCUT2D eigenvalue weighted by molar-refractivity contribution is 7.99. The number of para-hydroxylation sites is 1. The minimum Gasteiger partial charge on any atom is -0.385 e. The first-order valence-corrected chi connectivity index (χ1v) is 12.6. The van der Waals surface area contributed by atoms with Crippen molar-refractivity contribution >= 4 is 35.0 Å². The molecule has 0 unspecified atom stereocenters. The lowest BCUT2D eigenvalue weighted by molar-refractivity contribution is -0.113. The van der Waals surface area contributed by atoms with E-state index in [-0.39, 0.29) is 11.7 Å². The molecule has 35 heavy (non-hydrogen) atoms. The van der Waals surface area contributed by atoms with Crippen LogP contribution in [0.15, 0.2) is 59.8 Å².